The van der Waals surface area contributed by atoms with Crippen LogP contribution in [0.3, 0.4) is 0 Å². The Kier molecular flexibility index (Phi) is 4.81. The van der Waals surface area contributed by atoms with Crippen LogP contribution in [0, 0.1) is 12.7 Å². The number of carbonyl (C=O) groups excluding carboxylic acids is 1. The molecular weight excluding hydrogens is 387 g/mol. The molecule has 126 valence electrons. The number of aryl methyl sites for hydroxylation is 1. The third kappa shape index (κ3) is 3.85. The van der Waals surface area contributed by atoms with E-state index in [1.165, 1.54) is 18.2 Å². The molecule has 0 saturated carbocycles. The number of rotatable bonds is 3. The lowest BCUT2D eigenvalue weighted by Gasteiger charge is -2.08. The highest BCUT2D eigenvalue weighted by Gasteiger charge is 2.13. The fraction of sp³-hybridized carbons (Fsp3) is 0.0526. The highest BCUT2D eigenvalue weighted by atomic mass is 79.9. The summed E-state index contributed by atoms with van der Waals surface area (Å²) in [7, 11) is 0. The van der Waals surface area contributed by atoms with E-state index in [0.29, 0.717) is 16.9 Å². The van der Waals surface area contributed by atoms with Crippen molar-refractivity contribution >= 4 is 27.5 Å². The number of aromatic amines is 1. The van der Waals surface area contributed by atoms with E-state index in [0.717, 1.165) is 10.0 Å². The lowest BCUT2D eigenvalue weighted by Crippen LogP contribution is -2.23. The van der Waals surface area contributed by atoms with Crippen molar-refractivity contribution in [1.82, 2.24) is 4.98 Å². The monoisotopic (exact) mass is 400 g/mol. The van der Waals surface area contributed by atoms with Crippen molar-refractivity contribution in [1.29, 1.82) is 0 Å². The van der Waals surface area contributed by atoms with Crippen molar-refractivity contribution in [3.63, 3.8) is 0 Å². The van der Waals surface area contributed by atoms with Gasteiger partial charge in [-0.25, -0.2) is 4.39 Å². The number of pyridine rings is 1. The van der Waals surface area contributed by atoms with Crippen LogP contribution in [0.2, 0.25) is 0 Å². The van der Waals surface area contributed by atoms with Gasteiger partial charge in [0, 0.05) is 10.2 Å². The molecule has 0 fully saturated rings. The van der Waals surface area contributed by atoms with E-state index >= 15 is 0 Å². The molecule has 0 aliphatic carbocycles. The Hall–Kier alpha value is -2.73. The predicted octanol–water partition coefficient (Wildman–Crippen LogP) is 4.50. The lowest BCUT2D eigenvalue weighted by molar-refractivity contribution is 0.102. The van der Waals surface area contributed by atoms with E-state index in [1.54, 1.807) is 24.3 Å². The fourth-order valence-electron chi connectivity index (χ4n) is 2.36. The normalized spacial score (nSPS) is 10.5. The first kappa shape index (κ1) is 17.1. The average Bonchev–Trinajstić information content (AvgIpc) is 2.58. The van der Waals surface area contributed by atoms with Gasteiger partial charge >= 0.3 is 0 Å². The van der Waals surface area contributed by atoms with Crippen LogP contribution in [-0.2, 0) is 0 Å². The van der Waals surface area contributed by atoms with Crippen LogP contribution in [0.4, 0.5) is 10.1 Å². The summed E-state index contributed by atoms with van der Waals surface area (Å²) >= 11 is 3.38. The number of aromatic nitrogens is 1. The number of H-pyrrole nitrogens is 1. The van der Waals surface area contributed by atoms with Gasteiger partial charge < -0.3 is 10.3 Å². The van der Waals surface area contributed by atoms with Gasteiger partial charge in [-0.1, -0.05) is 6.07 Å². The number of benzene rings is 2. The molecule has 2 aromatic carbocycles. The first-order valence-corrected chi connectivity index (χ1v) is 8.30. The first-order valence-electron chi connectivity index (χ1n) is 7.51. The minimum Gasteiger partial charge on any atom is -0.321 e. The first-order chi connectivity index (χ1) is 11.9. The molecule has 2 N–H and O–H groups in total. The fourth-order valence-corrected chi connectivity index (χ4v) is 2.95. The zero-order valence-electron chi connectivity index (χ0n) is 13.3. The number of hydrogen-bond donors (Lipinski definition) is 2. The minimum atomic E-state index is -0.512. The van der Waals surface area contributed by atoms with Gasteiger partial charge in [0.2, 0.25) is 0 Å². The maximum Gasteiger partial charge on any atom is 0.261 e. The lowest BCUT2D eigenvalue weighted by atomic mass is 10.1. The molecule has 1 heterocycles. The second-order valence-electron chi connectivity index (χ2n) is 5.56. The average molecular weight is 401 g/mol. The minimum absolute atomic E-state index is 0.00154. The molecule has 25 heavy (non-hydrogen) atoms. The predicted molar refractivity (Wildman–Crippen MR) is 99.3 cm³/mol. The molecule has 0 spiro atoms. The number of halogens is 2. The number of hydrogen-bond acceptors (Lipinski definition) is 2. The molecule has 0 unspecified atom stereocenters. The maximum atomic E-state index is 13.0. The van der Waals surface area contributed by atoms with Crippen LogP contribution in [0.25, 0.3) is 11.3 Å². The third-order valence-electron chi connectivity index (χ3n) is 3.68. The molecule has 0 radical (unpaired) electrons. The molecule has 3 aromatic rings. The standard InChI is InChI=1S/C19H14BrFN2O2/c1-11-2-8-17(15(20)10-11)23-19(25)14-7-9-16(22-18(14)24)12-3-5-13(21)6-4-12/h2-10H,1H3,(H,22,24)(H,23,25). The number of amides is 1. The van der Waals surface area contributed by atoms with Crippen molar-refractivity contribution in [3.8, 4) is 11.3 Å². The summed E-state index contributed by atoms with van der Waals surface area (Å²) in [6, 6.07) is 14.3. The molecule has 4 nitrogen and oxygen atoms in total. The summed E-state index contributed by atoms with van der Waals surface area (Å²) in [5, 5.41) is 2.71. The quantitative estimate of drug-likeness (QED) is 0.679. The zero-order chi connectivity index (χ0) is 18.0. The summed E-state index contributed by atoms with van der Waals surface area (Å²) in [6.07, 6.45) is 0. The van der Waals surface area contributed by atoms with E-state index in [1.807, 2.05) is 19.1 Å². The Morgan fingerprint density at radius 2 is 1.80 bits per heavy atom. The van der Waals surface area contributed by atoms with E-state index in [4.69, 9.17) is 0 Å². The van der Waals surface area contributed by atoms with Gasteiger partial charge in [0.15, 0.2) is 0 Å². The van der Waals surface area contributed by atoms with Gasteiger partial charge in [-0.15, -0.1) is 0 Å². The van der Waals surface area contributed by atoms with Crippen molar-refractivity contribution < 1.29 is 9.18 Å². The summed E-state index contributed by atoms with van der Waals surface area (Å²) < 4.78 is 13.7. The molecule has 0 aliphatic heterocycles. The maximum absolute atomic E-state index is 13.0. The van der Waals surface area contributed by atoms with Crippen LogP contribution in [0.5, 0.6) is 0 Å². The summed E-state index contributed by atoms with van der Waals surface area (Å²) in [6.45, 7) is 1.94. The molecule has 0 aliphatic rings. The van der Waals surface area contributed by atoms with Crippen LogP contribution in [-0.4, -0.2) is 10.9 Å². The van der Waals surface area contributed by atoms with E-state index in [9.17, 15) is 14.0 Å². The molecule has 6 heteroatoms. The van der Waals surface area contributed by atoms with Gasteiger partial charge in [-0.2, -0.15) is 0 Å². The highest BCUT2D eigenvalue weighted by Crippen LogP contribution is 2.24. The number of carbonyl (C=O) groups is 1. The highest BCUT2D eigenvalue weighted by molar-refractivity contribution is 9.10. The Bertz CT molecular complexity index is 997. The van der Waals surface area contributed by atoms with E-state index in [-0.39, 0.29) is 11.4 Å². The van der Waals surface area contributed by atoms with Crippen LogP contribution < -0.4 is 10.9 Å². The Morgan fingerprint density at radius 3 is 2.44 bits per heavy atom. The molecular formula is C19H14BrFN2O2. The second-order valence-corrected chi connectivity index (χ2v) is 6.41. The van der Waals surface area contributed by atoms with Crippen molar-refractivity contribution in [3.05, 3.63) is 86.4 Å². The largest absolute Gasteiger partial charge is 0.321 e. The second kappa shape index (κ2) is 7.03. The molecule has 0 atom stereocenters. The molecule has 1 aromatic heterocycles. The molecule has 3 rings (SSSR count). The smallest absolute Gasteiger partial charge is 0.261 e. The SMILES string of the molecule is Cc1ccc(NC(=O)c2ccc(-c3ccc(F)cc3)[nH]c2=O)c(Br)c1. The molecule has 0 bridgehead atoms. The van der Waals surface area contributed by atoms with Crippen LogP contribution in [0.1, 0.15) is 15.9 Å². The van der Waals surface area contributed by atoms with Gasteiger partial charge in [-0.3, -0.25) is 9.59 Å². The number of nitrogens with one attached hydrogen (secondary N) is 2. The van der Waals surface area contributed by atoms with E-state index in [2.05, 4.69) is 26.2 Å². The van der Waals surface area contributed by atoms with Crippen molar-refractivity contribution in [2.45, 2.75) is 6.92 Å². The molecule has 0 saturated heterocycles. The van der Waals surface area contributed by atoms with Crippen molar-refractivity contribution in [2.75, 3.05) is 5.32 Å². The third-order valence-corrected chi connectivity index (χ3v) is 4.34. The molecule has 1 amide bonds. The van der Waals surface area contributed by atoms with Gasteiger partial charge in [0.25, 0.3) is 11.5 Å². The Labute approximate surface area is 151 Å². The Balaban J connectivity index is 1.86. The summed E-state index contributed by atoms with van der Waals surface area (Å²) in [5.74, 6) is -0.859. The summed E-state index contributed by atoms with van der Waals surface area (Å²) in [4.78, 5) is 27.3. The van der Waals surface area contributed by atoms with Gasteiger partial charge in [-0.05, 0) is 82.5 Å². The Morgan fingerprint density at radius 1 is 1.08 bits per heavy atom. The van der Waals surface area contributed by atoms with Gasteiger partial charge in [0.1, 0.15) is 11.4 Å². The summed E-state index contributed by atoms with van der Waals surface area (Å²) in [5.41, 5.74) is 2.29. The number of anilines is 1. The van der Waals surface area contributed by atoms with Gasteiger partial charge in [0.05, 0.1) is 5.69 Å². The van der Waals surface area contributed by atoms with Crippen LogP contribution in [0.15, 0.2) is 63.9 Å². The zero-order valence-corrected chi connectivity index (χ0v) is 14.9. The topological polar surface area (TPSA) is 62.0 Å². The van der Waals surface area contributed by atoms with Crippen molar-refractivity contribution in [2.24, 2.45) is 0 Å². The van der Waals surface area contributed by atoms with E-state index < -0.39 is 11.5 Å². The van der Waals surface area contributed by atoms with Crippen LogP contribution >= 0.6 is 15.9 Å².